The van der Waals surface area contributed by atoms with Crippen LogP contribution in [0, 0.1) is 22.0 Å². The molecule has 1 heterocycles. The second-order valence-corrected chi connectivity index (χ2v) is 5.76. The molecule has 1 saturated carbocycles. The minimum Gasteiger partial charge on any atom is -0.338 e. The Bertz CT molecular complexity index is 578. The summed E-state index contributed by atoms with van der Waals surface area (Å²) in [5.74, 6) is 6.15. The first-order valence-electron chi connectivity index (χ1n) is 7.15. The molecule has 7 nitrogen and oxygen atoms in total. The summed E-state index contributed by atoms with van der Waals surface area (Å²) >= 11 is 0. The number of nitrogens with zero attached hydrogens (tertiary/aromatic N) is 2. The van der Waals surface area contributed by atoms with Gasteiger partial charge < -0.3 is 10.3 Å². The van der Waals surface area contributed by atoms with E-state index in [0.29, 0.717) is 24.9 Å². The Morgan fingerprint density at radius 1 is 1.33 bits per heavy atom. The number of para-hydroxylation sites is 1. The van der Waals surface area contributed by atoms with Crippen LogP contribution in [0.15, 0.2) is 18.2 Å². The molecule has 0 radical (unpaired) electrons. The van der Waals surface area contributed by atoms with Crippen LogP contribution < -0.4 is 11.3 Å². The van der Waals surface area contributed by atoms with E-state index in [0.717, 1.165) is 12.8 Å². The largest absolute Gasteiger partial charge is 0.338 e. The molecule has 0 aromatic heterocycles. The zero-order valence-corrected chi connectivity index (χ0v) is 11.6. The molecule has 0 spiro atoms. The van der Waals surface area contributed by atoms with Gasteiger partial charge in [-0.1, -0.05) is 12.5 Å². The van der Waals surface area contributed by atoms with Crippen LogP contribution in [0.1, 0.15) is 29.6 Å². The zero-order chi connectivity index (χ0) is 15.0. The minimum absolute atomic E-state index is 0.107. The first kappa shape index (κ1) is 13.8. The van der Waals surface area contributed by atoms with Crippen LogP contribution in [0.5, 0.6) is 0 Å². The van der Waals surface area contributed by atoms with E-state index in [9.17, 15) is 14.9 Å². The molecule has 3 N–H and O–H groups in total. The fraction of sp³-hybridized carbons (Fsp3) is 0.500. The number of nitrogens with two attached hydrogens (primary N) is 1. The molecule has 3 rings (SSSR count). The van der Waals surface area contributed by atoms with E-state index in [1.54, 1.807) is 11.0 Å². The lowest BCUT2D eigenvalue weighted by Crippen LogP contribution is -2.30. The summed E-state index contributed by atoms with van der Waals surface area (Å²) in [6.45, 7) is 1.42. The van der Waals surface area contributed by atoms with Gasteiger partial charge in [0.05, 0.1) is 4.92 Å². The number of nitrogens with one attached hydrogen (secondary N) is 1. The highest BCUT2D eigenvalue weighted by molar-refractivity contribution is 6.00. The van der Waals surface area contributed by atoms with E-state index < -0.39 is 4.92 Å². The Kier molecular flexibility index (Phi) is 3.50. The Hall–Kier alpha value is -2.15. The maximum atomic E-state index is 12.6. The van der Waals surface area contributed by atoms with E-state index in [1.165, 1.54) is 18.6 Å². The van der Waals surface area contributed by atoms with Gasteiger partial charge in [-0.15, -0.1) is 0 Å². The van der Waals surface area contributed by atoms with Crippen molar-refractivity contribution in [2.75, 3.05) is 18.5 Å². The molecule has 1 amide bonds. The summed E-state index contributed by atoms with van der Waals surface area (Å²) in [5, 5.41) is 11.3. The third-order valence-corrected chi connectivity index (χ3v) is 4.62. The predicted octanol–water partition coefficient (Wildman–Crippen LogP) is 1.75. The van der Waals surface area contributed by atoms with Gasteiger partial charge in [0.15, 0.2) is 0 Å². The van der Waals surface area contributed by atoms with Gasteiger partial charge in [0.25, 0.3) is 5.91 Å². The molecular weight excluding hydrogens is 272 g/mol. The summed E-state index contributed by atoms with van der Waals surface area (Å²) in [4.78, 5) is 25.1. The Morgan fingerprint density at radius 3 is 2.57 bits per heavy atom. The van der Waals surface area contributed by atoms with Gasteiger partial charge in [-0.25, -0.2) is 0 Å². The predicted molar refractivity (Wildman–Crippen MR) is 77.6 cm³/mol. The number of fused-ring (bicyclic) bond motifs is 1. The number of amides is 1. The summed E-state index contributed by atoms with van der Waals surface area (Å²) < 4.78 is 0. The molecule has 7 heteroatoms. The van der Waals surface area contributed by atoms with Crippen molar-refractivity contribution in [1.82, 2.24) is 4.90 Å². The number of hydrogen-bond acceptors (Lipinski definition) is 5. The van der Waals surface area contributed by atoms with Gasteiger partial charge in [0, 0.05) is 13.1 Å². The van der Waals surface area contributed by atoms with E-state index >= 15 is 0 Å². The molecule has 1 aliphatic carbocycles. The number of nitrogen functional groups attached to an aromatic ring is 1. The Labute approximate surface area is 122 Å². The number of anilines is 1. The zero-order valence-electron chi connectivity index (χ0n) is 11.6. The summed E-state index contributed by atoms with van der Waals surface area (Å²) in [7, 11) is 0. The molecule has 2 aliphatic rings. The first-order chi connectivity index (χ1) is 10.1. The van der Waals surface area contributed by atoms with Crippen molar-refractivity contribution in [3.63, 3.8) is 0 Å². The average Bonchev–Trinajstić information content (AvgIpc) is 3.06. The lowest BCUT2D eigenvalue weighted by Gasteiger charge is -2.18. The highest BCUT2D eigenvalue weighted by Crippen LogP contribution is 2.39. The van der Waals surface area contributed by atoms with Crippen LogP contribution in [0.4, 0.5) is 11.4 Å². The topological polar surface area (TPSA) is 102 Å². The van der Waals surface area contributed by atoms with Crippen molar-refractivity contribution in [2.45, 2.75) is 19.3 Å². The number of nitro groups is 1. The van der Waals surface area contributed by atoms with Gasteiger partial charge in [-0.2, -0.15) is 0 Å². The van der Waals surface area contributed by atoms with Gasteiger partial charge in [0.2, 0.25) is 0 Å². The Morgan fingerprint density at radius 2 is 2.00 bits per heavy atom. The number of carbonyl (C=O) groups excluding carboxylic acids is 1. The number of benzene rings is 1. The highest BCUT2D eigenvalue weighted by Gasteiger charge is 2.39. The third-order valence-electron chi connectivity index (χ3n) is 4.62. The van der Waals surface area contributed by atoms with Crippen molar-refractivity contribution in [2.24, 2.45) is 17.7 Å². The quantitative estimate of drug-likeness (QED) is 0.501. The molecule has 0 bridgehead atoms. The molecule has 1 aliphatic heterocycles. The van der Waals surface area contributed by atoms with Crippen molar-refractivity contribution >= 4 is 17.3 Å². The van der Waals surface area contributed by atoms with Crippen LogP contribution >= 0.6 is 0 Å². The summed E-state index contributed by atoms with van der Waals surface area (Å²) in [6, 6.07) is 4.59. The van der Waals surface area contributed by atoms with Gasteiger partial charge >= 0.3 is 5.69 Å². The fourth-order valence-electron chi connectivity index (χ4n) is 3.60. The lowest BCUT2D eigenvalue weighted by molar-refractivity contribution is -0.384. The summed E-state index contributed by atoms with van der Waals surface area (Å²) in [5.41, 5.74) is 2.31. The number of carbonyl (C=O) groups is 1. The SMILES string of the molecule is NNc1cccc(C(=O)N2CC3CCCC3C2)c1[N+](=O)[O-]. The molecule has 2 unspecified atom stereocenters. The standard InChI is InChI=1S/C14H18N4O3/c15-16-12-6-2-5-11(13(12)18(20)21)14(19)17-7-9-3-1-4-10(9)8-17/h2,5-6,9-10,16H,1,3-4,7-8,15H2. The molecular formula is C14H18N4O3. The number of hydrazine groups is 1. The monoisotopic (exact) mass is 290 g/mol. The molecule has 112 valence electrons. The number of nitro benzene ring substituents is 1. The fourth-order valence-corrected chi connectivity index (χ4v) is 3.60. The van der Waals surface area contributed by atoms with Crippen molar-refractivity contribution < 1.29 is 9.72 Å². The van der Waals surface area contributed by atoms with Crippen LogP contribution in [0.25, 0.3) is 0 Å². The van der Waals surface area contributed by atoms with Crippen molar-refractivity contribution in [3.8, 4) is 0 Å². The molecule has 21 heavy (non-hydrogen) atoms. The lowest BCUT2D eigenvalue weighted by atomic mass is 10.0. The maximum Gasteiger partial charge on any atom is 0.306 e. The van der Waals surface area contributed by atoms with Gasteiger partial charge in [-0.3, -0.25) is 20.8 Å². The number of rotatable bonds is 3. The highest BCUT2D eigenvalue weighted by atomic mass is 16.6. The van der Waals surface area contributed by atoms with Gasteiger partial charge in [-0.05, 0) is 36.8 Å². The number of hydrogen-bond donors (Lipinski definition) is 2. The Balaban J connectivity index is 1.90. The molecule has 2 atom stereocenters. The smallest absolute Gasteiger partial charge is 0.306 e. The van der Waals surface area contributed by atoms with Gasteiger partial charge in [0.1, 0.15) is 11.3 Å². The summed E-state index contributed by atoms with van der Waals surface area (Å²) in [6.07, 6.45) is 3.53. The average molecular weight is 290 g/mol. The van der Waals surface area contributed by atoms with Crippen LogP contribution in [0.3, 0.4) is 0 Å². The van der Waals surface area contributed by atoms with Crippen LogP contribution in [-0.4, -0.2) is 28.8 Å². The third kappa shape index (κ3) is 2.33. The first-order valence-corrected chi connectivity index (χ1v) is 7.15. The molecule has 1 aromatic rings. The molecule has 2 fully saturated rings. The molecule has 1 aromatic carbocycles. The van der Waals surface area contributed by atoms with E-state index in [-0.39, 0.29) is 22.8 Å². The number of likely N-dealkylation sites (tertiary alicyclic amines) is 1. The van der Waals surface area contributed by atoms with Crippen molar-refractivity contribution in [3.05, 3.63) is 33.9 Å². The van der Waals surface area contributed by atoms with E-state index in [1.807, 2.05) is 0 Å². The second kappa shape index (κ2) is 5.33. The normalized spacial score (nSPS) is 24.0. The second-order valence-electron chi connectivity index (χ2n) is 5.76. The van der Waals surface area contributed by atoms with E-state index in [2.05, 4.69) is 5.43 Å². The minimum atomic E-state index is -0.556. The van der Waals surface area contributed by atoms with E-state index in [4.69, 9.17) is 5.84 Å². The molecule has 1 saturated heterocycles. The van der Waals surface area contributed by atoms with Crippen LogP contribution in [-0.2, 0) is 0 Å². The van der Waals surface area contributed by atoms with Crippen LogP contribution in [0.2, 0.25) is 0 Å². The maximum absolute atomic E-state index is 12.6. The van der Waals surface area contributed by atoms with Crippen molar-refractivity contribution in [1.29, 1.82) is 0 Å².